The molecule has 86 valence electrons. The highest BCUT2D eigenvalue weighted by Crippen LogP contribution is 2.19. The first kappa shape index (κ1) is 11.5. The smallest absolute Gasteiger partial charge is 0.118 e. The molecule has 0 unspecified atom stereocenters. The van der Waals surface area contributed by atoms with E-state index in [0.717, 1.165) is 17.7 Å². The summed E-state index contributed by atoms with van der Waals surface area (Å²) in [5.74, 6) is 0.888. The van der Waals surface area contributed by atoms with Crippen molar-refractivity contribution in [1.82, 2.24) is 0 Å². The standard InChI is InChI=1S/C16H16O/c1-13(15-6-4-3-5-7-15)12-14-8-10-16(17-2)11-9-14/h3-11H,1,12H2,2H3. The number of allylic oxidation sites excluding steroid dienone is 1. The molecule has 0 aliphatic heterocycles. The monoisotopic (exact) mass is 224 g/mol. The molecule has 0 bridgehead atoms. The fraction of sp³-hybridized carbons (Fsp3) is 0.125. The maximum Gasteiger partial charge on any atom is 0.118 e. The van der Waals surface area contributed by atoms with Crippen LogP contribution in [0, 0.1) is 0 Å². The topological polar surface area (TPSA) is 9.23 Å². The molecule has 0 N–H and O–H groups in total. The van der Waals surface area contributed by atoms with Crippen molar-refractivity contribution in [1.29, 1.82) is 0 Å². The van der Waals surface area contributed by atoms with Gasteiger partial charge in [0.05, 0.1) is 7.11 Å². The van der Waals surface area contributed by atoms with Crippen molar-refractivity contribution in [2.24, 2.45) is 0 Å². The van der Waals surface area contributed by atoms with Gasteiger partial charge in [-0.15, -0.1) is 0 Å². The van der Waals surface area contributed by atoms with E-state index in [1.807, 2.05) is 30.3 Å². The predicted octanol–water partition coefficient (Wildman–Crippen LogP) is 3.95. The number of ether oxygens (including phenoxy) is 1. The molecule has 0 saturated heterocycles. The van der Waals surface area contributed by atoms with E-state index in [4.69, 9.17) is 4.74 Å². The first-order valence-corrected chi connectivity index (χ1v) is 5.66. The average molecular weight is 224 g/mol. The Morgan fingerprint density at radius 1 is 1.00 bits per heavy atom. The summed E-state index contributed by atoms with van der Waals surface area (Å²) in [7, 11) is 1.68. The first-order chi connectivity index (χ1) is 8.29. The van der Waals surface area contributed by atoms with Gasteiger partial charge in [0.1, 0.15) is 5.75 Å². The molecule has 0 heterocycles. The lowest BCUT2D eigenvalue weighted by molar-refractivity contribution is 0.414. The molecular weight excluding hydrogens is 208 g/mol. The molecule has 2 rings (SSSR count). The van der Waals surface area contributed by atoms with Gasteiger partial charge in [0.2, 0.25) is 0 Å². The zero-order valence-corrected chi connectivity index (χ0v) is 10.0. The Balaban J connectivity index is 2.08. The van der Waals surface area contributed by atoms with Gasteiger partial charge in [-0.1, -0.05) is 49.0 Å². The Labute approximate surface area is 102 Å². The van der Waals surface area contributed by atoms with E-state index in [0.29, 0.717) is 0 Å². The Morgan fingerprint density at radius 3 is 2.24 bits per heavy atom. The fourth-order valence-electron chi connectivity index (χ4n) is 1.77. The van der Waals surface area contributed by atoms with Gasteiger partial charge in [0.15, 0.2) is 0 Å². The molecule has 0 fully saturated rings. The van der Waals surface area contributed by atoms with Crippen LogP contribution in [0.3, 0.4) is 0 Å². The molecule has 1 nitrogen and oxygen atoms in total. The van der Waals surface area contributed by atoms with Crippen LogP contribution in [0.1, 0.15) is 11.1 Å². The molecule has 2 aromatic carbocycles. The summed E-state index contributed by atoms with van der Waals surface area (Å²) in [6, 6.07) is 18.4. The van der Waals surface area contributed by atoms with Crippen molar-refractivity contribution in [3.8, 4) is 5.75 Å². The second-order valence-corrected chi connectivity index (χ2v) is 3.99. The Bertz CT molecular complexity index is 483. The predicted molar refractivity (Wildman–Crippen MR) is 72.2 cm³/mol. The van der Waals surface area contributed by atoms with Crippen LogP contribution >= 0.6 is 0 Å². The summed E-state index contributed by atoms with van der Waals surface area (Å²) in [5.41, 5.74) is 3.58. The third-order valence-corrected chi connectivity index (χ3v) is 2.76. The molecule has 0 saturated carbocycles. The summed E-state index contributed by atoms with van der Waals surface area (Å²) in [6.45, 7) is 4.13. The van der Waals surface area contributed by atoms with E-state index in [1.165, 1.54) is 11.1 Å². The van der Waals surface area contributed by atoms with Crippen molar-refractivity contribution in [2.75, 3.05) is 7.11 Å². The lowest BCUT2D eigenvalue weighted by Gasteiger charge is -2.07. The minimum atomic E-state index is 0.869. The Morgan fingerprint density at radius 2 is 1.65 bits per heavy atom. The van der Waals surface area contributed by atoms with Crippen LogP contribution in [-0.2, 0) is 6.42 Å². The molecule has 0 radical (unpaired) electrons. The van der Waals surface area contributed by atoms with Gasteiger partial charge < -0.3 is 4.74 Å². The van der Waals surface area contributed by atoms with E-state index >= 15 is 0 Å². The normalized spacial score (nSPS) is 9.94. The van der Waals surface area contributed by atoms with E-state index in [2.05, 4.69) is 30.8 Å². The minimum absolute atomic E-state index is 0.869. The SMILES string of the molecule is C=C(Cc1ccc(OC)cc1)c1ccccc1. The molecule has 17 heavy (non-hydrogen) atoms. The molecule has 0 aromatic heterocycles. The third kappa shape index (κ3) is 2.97. The highest BCUT2D eigenvalue weighted by molar-refractivity contribution is 5.65. The zero-order valence-electron chi connectivity index (χ0n) is 10.0. The van der Waals surface area contributed by atoms with Gasteiger partial charge in [-0.3, -0.25) is 0 Å². The second kappa shape index (κ2) is 5.35. The summed E-state index contributed by atoms with van der Waals surface area (Å²) in [4.78, 5) is 0. The van der Waals surface area contributed by atoms with E-state index in [1.54, 1.807) is 7.11 Å². The van der Waals surface area contributed by atoms with Crippen LogP contribution < -0.4 is 4.74 Å². The highest BCUT2D eigenvalue weighted by Gasteiger charge is 2.00. The number of methoxy groups -OCH3 is 1. The number of benzene rings is 2. The lowest BCUT2D eigenvalue weighted by atomic mass is 10.00. The molecule has 0 spiro atoms. The molecule has 0 aliphatic rings. The Kier molecular flexibility index (Phi) is 3.61. The van der Waals surface area contributed by atoms with Gasteiger partial charge in [0, 0.05) is 0 Å². The van der Waals surface area contributed by atoms with Crippen LogP contribution in [0.15, 0.2) is 61.2 Å². The maximum atomic E-state index is 5.14. The quantitative estimate of drug-likeness (QED) is 0.764. The van der Waals surface area contributed by atoms with E-state index < -0.39 is 0 Å². The van der Waals surface area contributed by atoms with Gasteiger partial charge in [-0.2, -0.15) is 0 Å². The van der Waals surface area contributed by atoms with E-state index in [9.17, 15) is 0 Å². The summed E-state index contributed by atoms with van der Waals surface area (Å²) < 4.78 is 5.14. The van der Waals surface area contributed by atoms with Crippen LogP contribution in [0.4, 0.5) is 0 Å². The van der Waals surface area contributed by atoms with Gasteiger partial charge >= 0.3 is 0 Å². The van der Waals surface area contributed by atoms with Crippen molar-refractivity contribution in [3.05, 3.63) is 72.3 Å². The maximum absolute atomic E-state index is 5.14. The molecular formula is C16H16O. The third-order valence-electron chi connectivity index (χ3n) is 2.76. The summed E-state index contributed by atoms with van der Waals surface area (Å²) in [6.07, 6.45) is 0.869. The molecule has 1 heteroatoms. The molecule has 2 aromatic rings. The first-order valence-electron chi connectivity index (χ1n) is 5.66. The van der Waals surface area contributed by atoms with Crippen molar-refractivity contribution in [3.63, 3.8) is 0 Å². The number of hydrogen-bond acceptors (Lipinski definition) is 1. The van der Waals surface area contributed by atoms with Crippen LogP contribution in [0.2, 0.25) is 0 Å². The van der Waals surface area contributed by atoms with Crippen LogP contribution in [-0.4, -0.2) is 7.11 Å². The lowest BCUT2D eigenvalue weighted by Crippen LogP contribution is -1.90. The molecule has 0 amide bonds. The number of hydrogen-bond donors (Lipinski definition) is 0. The van der Waals surface area contributed by atoms with Crippen molar-refractivity contribution < 1.29 is 4.74 Å². The zero-order chi connectivity index (χ0) is 12.1. The van der Waals surface area contributed by atoms with Crippen LogP contribution in [0.5, 0.6) is 5.75 Å². The largest absolute Gasteiger partial charge is 0.497 e. The minimum Gasteiger partial charge on any atom is -0.497 e. The van der Waals surface area contributed by atoms with Crippen molar-refractivity contribution in [2.45, 2.75) is 6.42 Å². The Hall–Kier alpha value is -2.02. The van der Waals surface area contributed by atoms with Gasteiger partial charge in [0.25, 0.3) is 0 Å². The highest BCUT2D eigenvalue weighted by atomic mass is 16.5. The summed E-state index contributed by atoms with van der Waals surface area (Å²) >= 11 is 0. The van der Waals surface area contributed by atoms with Gasteiger partial charge in [-0.25, -0.2) is 0 Å². The molecule has 0 atom stereocenters. The van der Waals surface area contributed by atoms with Gasteiger partial charge in [-0.05, 0) is 35.3 Å². The number of rotatable bonds is 4. The average Bonchev–Trinajstić information content (AvgIpc) is 2.40. The fourth-order valence-corrected chi connectivity index (χ4v) is 1.77. The summed E-state index contributed by atoms with van der Waals surface area (Å²) in [5, 5.41) is 0. The second-order valence-electron chi connectivity index (χ2n) is 3.99. The van der Waals surface area contributed by atoms with Crippen molar-refractivity contribution >= 4 is 5.57 Å². The van der Waals surface area contributed by atoms with E-state index in [-0.39, 0.29) is 0 Å². The van der Waals surface area contributed by atoms with Crippen LogP contribution in [0.25, 0.3) is 5.57 Å². The molecule has 0 aliphatic carbocycles.